The summed E-state index contributed by atoms with van der Waals surface area (Å²) in [7, 11) is 0. The van der Waals surface area contributed by atoms with Crippen molar-refractivity contribution in [2.24, 2.45) is 0 Å². The summed E-state index contributed by atoms with van der Waals surface area (Å²) in [4.78, 5) is 14.6. The molecular weight excluding hydrogens is 240 g/mol. The number of ether oxygens (including phenoxy) is 1. The summed E-state index contributed by atoms with van der Waals surface area (Å²) in [5, 5.41) is 3.50. The highest BCUT2D eigenvalue weighted by Crippen LogP contribution is 2.26. The Morgan fingerprint density at radius 3 is 2.84 bits per heavy atom. The molecule has 0 aromatic rings. The largest absolute Gasteiger partial charge is 0.376 e. The monoisotopic (exact) mass is 268 g/mol. The molecule has 0 aromatic carbocycles. The number of carbonyl (C=O) groups is 1. The van der Waals surface area contributed by atoms with E-state index >= 15 is 0 Å². The van der Waals surface area contributed by atoms with Gasteiger partial charge in [-0.1, -0.05) is 26.7 Å². The molecule has 0 radical (unpaired) electrons. The number of rotatable bonds is 6. The van der Waals surface area contributed by atoms with Crippen molar-refractivity contribution in [3.05, 3.63) is 0 Å². The van der Waals surface area contributed by atoms with Crippen molar-refractivity contribution in [2.75, 3.05) is 6.61 Å². The Hall–Kier alpha value is -0.610. The van der Waals surface area contributed by atoms with Crippen molar-refractivity contribution in [2.45, 2.75) is 83.6 Å². The Morgan fingerprint density at radius 1 is 1.47 bits per heavy atom. The highest BCUT2D eigenvalue weighted by atomic mass is 16.5. The predicted molar refractivity (Wildman–Crippen MR) is 75.8 cm³/mol. The first-order valence-corrected chi connectivity index (χ1v) is 7.88. The fourth-order valence-corrected chi connectivity index (χ4v) is 3.29. The minimum absolute atomic E-state index is 0.0220. The average molecular weight is 268 g/mol. The molecule has 0 spiro atoms. The molecule has 4 atom stereocenters. The Labute approximate surface area is 116 Å². The molecule has 2 saturated heterocycles. The van der Waals surface area contributed by atoms with Crippen molar-refractivity contribution >= 4 is 5.91 Å². The minimum Gasteiger partial charge on any atom is -0.376 e. The second-order valence-electron chi connectivity index (χ2n) is 5.82. The lowest BCUT2D eigenvalue weighted by Gasteiger charge is -2.33. The van der Waals surface area contributed by atoms with Gasteiger partial charge in [0.05, 0.1) is 24.4 Å². The fraction of sp³-hybridized carbons (Fsp3) is 0.933. The van der Waals surface area contributed by atoms with Gasteiger partial charge in [-0.05, 0) is 32.6 Å². The maximum absolute atomic E-state index is 12.6. The van der Waals surface area contributed by atoms with E-state index in [1.807, 2.05) is 0 Å². The maximum Gasteiger partial charge on any atom is 0.241 e. The van der Waals surface area contributed by atoms with Crippen LogP contribution >= 0.6 is 0 Å². The molecule has 2 rings (SSSR count). The zero-order chi connectivity index (χ0) is 13.8. The number of nitrogens with one attached hydrogen (secondary N) is 1. The SMILES string of the molecule is CCCCC1NC(CC)N(C(C)C2CCCO2)C1=O. The van der Waals surface area contributed by atoms with Crippen LogP contribution in [0.4, 0.5) is 0 Å². The van der Waals surface area contributed by atoms with Crippen molar-refractivity contribution in [3.63, 3.8) is 0 Å². The van der Waals surface area contributed by atoms with Crippen molar-refractivity contribution in [3.8, 4) is 0 Å². The maximum atomic E-state index is 12.6. The zero-order valence-corrected chi connectivity index (χ0v) is 12.5. The van der Waals surface area contributed by atoms with Gasteiger partial charge in [-0.15, -0.1) is 0 Å². The number of carbonyl (C=O) groups excluding carboxylic acids is 1. The van der Waals surface area contributed by atoms with Gasteiger partial charge in [0.25, 0.3) is 0 Å². The molecule has 4 nitrogen and oxygen atoms in total. The quantitative estimate of drug-likeness (QED) is 0.803. The molecule has 0 aliphatic carbocycles. The van der Waals surface area contributed by atoms with Gasteiger partial charge in [-0.2, -0.15) is 0 Å². The number of hydrogen-bond acceptors (Lipinski definition) is 3. The van der Waals surface area contributed by atoms with E-state index in [0.29, 0.717) is 0 Å². The van der Waals surface area contributed by atoms with Crippen LogP contribution < -0.4 is 5.32 Å². The molecule has 2 aliphatic heterocycles. The summed E-state index contributed by atoms with van der Waals surface area (Å²) in [6.45, 7) is 7.30. The summed E-state index contributed by atoms with van der Waals surface area (Å²) in [5.41, 5.74) is 0. The standard InChI is InChI=1S/C15H28N2O2/c1-4-6-8-12-15(18)17(14(5-2)16-12)11(3)13-9-7-10-19-13/h11-14,16H,4-10H2,1-3H3. The summed E-state index contributed by atoms with van der Waals surface area (Å²) >= 11 is 0. The third-order valence-electron chi connectivity index (χ3n) is 4.46. The number of amides is 1. The minimum atomic E-state index is 0.0220. The van der Waals surface area contributed by atoms with E-state index in [1.54, 1.807) is 0 Å². The summed E-state index contributed by atoms with van der Waals surface area (Å²) in [6, 6.07) is 0.216. The Bertz CT molecular complexity index is 303. The molecule has 110 valence electrons. The van der Waals surface area contributed by atoms with E-state index in [0.717, 1.165) is 45.1 Å². The molecule has 0 saturated carbocycles. The second-order valence-corrected chi connectivity index (χ2v) is 5.82. The third-order valence-corrected chi connectivity index (χ3v) is 4.46. The zero-order valence-electron chi connectivity index (χ0n) is 12.5. The van der Waals surface area contributed by atoms with Gasteiger partial charge in [0, 0.05) is 6.61 Å². The lowest BCUT2D eigenvalue weighted by atomic mass is 10.1. The van der Waals surface area contributed by atoms with Crippen LogP contribution in [0.3, 0.4) is 0 Å². The Kier molecular flexibility index (Phi) is 5.22. The molecule has 4 unspecified atom stereocenters. The average Bonchev–Trinajstić information content (AvgIpc) is 3.04. The molecule has 4 heteroatoms. The normalized spacial score (nSPS) is 33.1. The highest BCUT2D eigenvalue weighted by molar-refractivity contribution is 5.84. The molecule has 0 aromatic heterocycles. The fourth-order valence-electron chi connectivity index (χ4n) is 3.29. The van der Waals surface area contributed by atoms with Gasteiger partial charge in [-0.25, -0.2) is 0 Å². The predicted octanol–water partition coefficient (Wildman–Crippen LogP) is 2.28. The van der Waals surface area contributed by atoms with Crippen LogP contribution in [0.25, 0.3) is 0 Å². The molecule has 2 heterocycles. The summed E-state index contributed by atoms with van der Waals surface area (Å²) < 4.78 is 5.76. The smallest absolute Gasteiger partial charge is 0.241 e. The first kappa shape index (κ1) is 14.8. The molecule has 2 fully saturated rings. The molecule has 2 aliphatic rings. The molecule has 1 amide bonds. The molecule has 0 bridgehead atoms. The van der Waals surface area contributed by atoms with E-state index in [9.17, 15) is 4.79 Å². The lowest BCUT2D eigenvalue weighted by molar-refractivity contribution is -0.134. The second kappa shape index (κ2) is 6.71. The Morgan fingerprint density at radius 2 is 2.26 bits per heavy atom. The van der Waals surface area contributed by atoms with Gasteiger partial charge in [0.2, 0.25) is 5.91 Å². The molecule has 19 heavy (non-hydrogen) atoms. The Balaban J connectivity index is 2.02. The van der Waals surface area contributed by atoms with Crippen LogP contribution in [-0.2, 0) is 9.53 Å². The van der Waals surface area contributed by atoms with E-state index < -0.39 is 0 Å². The first-order chi connectivity index (χ1) is 9.19. The van der Waals surface area contributed by atoms with Crippen LogP contribution in [0.2, 0.25) is 0 Å². The summed E-state index contributed by atoms with van der Waals surface area (Å²) in [6.07, 6.45) is 6.80. The van der Waals surface area contributed by atoms with Crippen LogP contribution in [-0.4, -0.2) is 41.8 Å². The van der Waals surface area contributed by atoms with E-state index in [2.05, 4.69) is 31.0 Å². The van der Waals surface area contributed by atoms with Gasteiger partial charge < -0.3 is 9.64 Å². The van der Waals surface area contributed by atoms with Gasteiger partial charge in [0.15, 0.2) is 0 Å². The van der Waals surface area contributed by atoms with Gasteiger partial charge >= 0.3 is 0 Å². The molecular formula is C15H28N2O2. The van der Waals surface area contributed by atoms with Crippen molar-refractivity contribution in [1.29, 1.82) is 0 Å². The topological polar surface area (TPSA) is 41.6 Å². The van der Waals surface area contributed by atoms with E-state index in [1.165, 1.54) is 0 Å². The van der Waals surface area contributed by atoms with E-state index in [4.69, 9.17) is 4.74 Å². The lowest BCUT2D eigenvalue weighted by Crippen LogP contribution is -2.48. The number of hydrogen-bond donors (Lipinski definition) is 1. The number of unbranched alkanes of at least 4 members (excludes halogenated alkanes) is 1. The summed E-state index contributed by atoms with van der Waals surface area (Å²) in [5.74, 6) is 0.281. The van der Waals surface area contributed by atoms with Crippen LogP contribution in [0.1, 0.15) is 59.3 Å². The van der Waals surface area contributed by atoms with Crippen LogP contribution in [0.15, 0.2) is 0 Å². The number of nitrogens with zero attached hydrogens (tertiary/aromatic N) is 1. The van der Waals surface area contributed by atoms with Crippen molar-refractivity contribution in [1.82, 2.24) is 10.2 Å². The first-order valence-electron chi connectivity index (χ1n) is 7.88. The van der Waals surface area contributed by atoms with Gasteiger partial charge in [-0.3, -0.25) is 10.1 Å². The van der Waals surface area contributed by atoms with Crippen molar-refractivity contribution < 1.29 is 9.53 Å². The van der Waals surface area contributed by atoms with Crippen LogP contribution in [0.5, 0.6) is 0 Å². The molecule has 1 N–H and O–H groups in total. The third kappa shape index (κ3) is 3.11. The van der Waals surface area contributed by atoms with E-state index in [-0.39, 0.29) is 30.3 Å². The van der Waals surface area contributed by atoms with Crippen LogP contribution in [0, 0.1) is 0 Å². The van der Waals surface area contributed by atoms with Gasteiger partial charge in [0.1, 0.15) is 0 Å². The highest BCUT2D eigenvalue weighted by Gasteiger charge is 2.42.